The quantitative estimate of drug-likeness (QED) is 0.569. The summed E-state index contributed by atoms with van der Waals surface area (Å²) in [7, 11) is 3.05. The molecule has 0 heterocycles. The molecule has 0 spiro atoms. The lowest BCUT2D eigenvalue weighted by Gasteiger charge is -2.22. The lowest BCUT2D eigenvalue weighted by atomic mass is 10.3. The third kappa shape index (κ3) is 7.32. The van der Waals surface area contributed by atoms with Crippen molar-refractivity contribution in [3.8, 4) is 11.5 Å². The van der Waals surface area contributed by atoms with Crippen LogP contribution in [0.1, 0.15) is 13.3 Å². The van der Waals surface area contributed by atoms with Gasteiger partial charge in [0.05, 0.1) is 26.7 Å². The van der Waals surface area contributed by atoms with Crippen LogP contribution < -0.4 is 9.47 Å². The predicted octanol–water partition coefficient (Wildman–Crippen LogP) is 1.50. The van der Waals surface area contributed by atoms with Gasteiger partial charge in [-0.3, -0.25) is 9.59 Å². The monoisotopic (exact) mass is 339 g/mol. The summed E-state index contributed by atoms with van der Waals surface area (Å²) < 4.78 is 20.4. The van der Waals surface area contributed by atoms with E-state index >= 15 is 0 Å². The van der Waals surface area contributed by atoms with E-state index in [1.54, 1.807) is 38.3 Å². The highest BCUT2D eigenvalue weighted by molar-refractivity contribution is 5.78. The third-order valence-corrected chi connectivity index (χ3v) is 3.20. The van der Waals surface area contributed by atoms with Crippen molar-refractivity contribution in [3.63, 3.8) is 0 Å². The molecule has 0 fully saturated rings. The molecule has 1 aromatic rings. The van der Waals surface area contributed by atoms with E-state index in [2.05, 4.69) is 0 Å². The summed E-state index contributed by atoms with van der Waals surface area (Å²) in [6.07, 6.45) is 0.145. The minimum atomic E-state index is -0.330. The Balaban J connectivity index is 2.47. The number of esters is 1. The molecule has 0 atom stereocenters. The van der Waals surface area contributed by atoms with Crippen molar-refractivity contribution in [2.24, 2.45) is 0 Å². The summed E-state index contributed by atoms with van der Waals surface area (Å²) in [4.78, 5) is 25.0. The summed E-state index contributed by atoms with van der Waals surface area (Å²) in [5.74, 6) is 0.901. The molecule has 1 rings (SSSR count). The van der Waals surface area contributed by atoms with Crippen molar-refractivity contribution in [1.29, 1.82) is 0 Å². The second-order valence-electron chi connectivity index (χ2n) is 4.89. The van der Waals surface area contributed by atoms with Gasteiger partial charge in [0.25, 0.3) is 0 Å². The Morgan fingerprint density at radius 2 is 1.71 bits per heavy atom. The van der Waals surface area contributed by atoms with Crippen LogP contribution in [0.3, 0.4) is 0 Å². The van der Waals surface area contributed by atoms with E-state index in [0.29, 0.717) is 25.5 Å². The van der Waals surface area contributed by atoms with Gasteiger partial charge in [-0.15, -0.1) is 0 Å². The molecule has 0 saturated carbocycles. The number of carbonyl (C=O) groups is 2. The lowest BCUT2D eigenvalue weighted by molar-refractivity contribution is -0.144. The molecule has 1 amide bonds. The van der Waals surface area contributed by atoms with E-state index in [-0.39, 0.29) is 31.4 Å². The van der Waals surface area contributed by atoms with Crippen molar-refractivity contribution in [1.82, 2.24) is 4.90 Å². The first kappa shape index (κ1) is 19.8. The normalized spacial score (nSPS) is 10.1. The molecule has 0 unspecified atom stereocenters. The van der Waals surface area contributed by atoms with E-state index < -0.39 is 0 Å². The number of ether oxygens (including phenoxy) is 4. The van der Waals surface area contributed by atoms with E-state index in [1.807, 2.05) is 0 Å². The summed E-state index contributed by atoms with van der Waals surface area (Å²) >= 11 is 0. The van der Waals surface area contributed by atoms with Crippen molar-refractivity contribution in [2.75, 3.05) is 47.1 Å². The Hall–Kier alpha value is -2.28. The van der Waals surface area contributed by atoms with Crippen LogP contribution in [0, 0.1) is 0 Å². The highest BCUT2D eigenvalue weighted by Gasteiger charge is 2.15. The average molecular weight is 339 g/mol. The zero-order valence-corrected chi connectivity index (χ0v) is 14.4. The van der Waals surface area contributed by atoms with Crippen LogP contribution >= 0.6 is 0 Å². The van der Waals surface area contributed by atoms with Crippen molar-refractivity contribution < 1.29 is 28.5 Å². The van der Waals surface area contributed by atoms with Crippen LogP contribution in [0.15, 0.2) is 24.3 Å². The molecule has 1 aromatic carbocycles. The Morgan fingerprint density at radius 1 is 1.04 bits per heavy atom. The molecule has 0 radical (unpaired) electrons. The van der Waals surface area contributed by atoms with Gasteiger partial charge < -0.3 is 23.8 Å². The zero-order valence-electron chi connectivity index (χ0n) is 14.4. The van der Waals surface area contributed by atoms with Crippen LogP contribution in [0.25, 0.3) is 0 Å². The molecule has 0 aliphatic rings. The summed E-state index contributed by atoms with van der Waals surface area (Å²) in [6.45, 7) is 2.97. The minimum absolute atomic E-state index is 0.0363. The number of methoxy groups -OCH3 is 2. The summed E-state index contributed by atoms with van der Waals surface area (Å²) in [5, 5.41) is 0. The van der Waals surface area contributed by atoms with E-state index in [9.17, 15) is 9.59 Å². The Morgan fingerprint density at radius 3 is 2.29 bits per heavy atom. The molecule has 0 aliphatic heterocycles. The molecule has 0 saturated heterocycles. The number of amides is 1. The number of rotatable bonds is 11. The number of nitrogens with zero attached hydrogens (tertiary/aromatic N) is 1. The van der Waals surface area contributed by atoms with Crippen LogP contribution in [0.2, 0.25) is 0 Å². The molecule has 0 aromatic heterocycles. The van der Waals surface area contributed by atoms with Crippen molar-refractivity contribution >= 4 is 11.9 Å². The maximum atomic E-state index is 12.0. The van der Waals surface area contributed by atoms with E-state index in [1.165, 1.54) is 12.0 Å². The first-order valence-electron chi connectivity index (χ1n) is 7.79. The molecule has 0 aliphatic carbocycles. The van der Waals surface area contributed by atoms with Gasteiger partial charge in [-0.25, -0.2) is 0 Å². The fraction of sp³-hybridized carbons (Fsp3) is 0.529. The van der Waals surface area contributed by atoms with Crippen LogP contribution in [-0.2, 0) is 19.1 Å². The van der Waals surface area contributed by atoms with Crippen molar-refractivity contribution in [3.05, 3.63) is 24.3 Å². The number of benzene rings is 1. The van der Waals surface area contributed by atoms with Crippen molar-refractivity contribution in [2.45, 2.75) is 13.3 Å². The van der Waals surface area contributed by atoms with Crippen LogP contribution in [0.5, 0.6) is 11.5 Å². The Bertz CT molecular complexity index is 502. The summed E-state index contributed by atoms with van der Waals surface area (Å²) in [6, 6.07) is 7.17. The van der Waals surface area contributed by atoms with Gasteiger partial charge in [0, 0.05) is 13.7 Å². The minimum Gasteiger partial charge on any atom is -0.497 e. The fourth-order valence-electron chi connectivity index (χ4n) is 1.98. The van der Waals surface area contributed by atoms with E-state index in [4.69, 9.17) is 18.9 Å². The molecule has 24 heavy (non-hydrogen) atoms. The van der Waals surface area contributed by atoms with Gasteiger partial charge in [-0.1, -0.05) is 0 Å². The molecule has 7 heteroatoms. The summed E-state index contributed by atoms with van der Waals surface area (Å²) in [5.41, 5.74) is 0. The largest absolute Gasteiger partial charge is 0.497 e. The molecular formula is C17H25NO6. The molecule has 7 nitrogen and oxygen atoms in total. The molecule has 0 N–H and O–H groups in total. The standard InChI is InChI=1S/C17H25NO6/c1-4-23-17(20)9-10-18(16(19)13-21-2)11-12-24-15-7-5-14(22-3)6-8-15/h5-8H,4,9-13H2,1-3H3. The van der Waals surface area contributed by atoms with Crippen LogP contribution in [0.4, 0.5) is 0 Å². The Labute approximate surface area is 142 Å². The van der Waals surface area contributed by atoms with E-state index in [0.717, 1.165) is 5.75 Å². The highest BCUT2D eigenvalue weighted by Crippen LogP contribution is 2.16. The number of hydrogen-bond acceptors (Lipinski definition) is 6. The van der Waals surface area contributed by atoms with Gasteiger partial charge in [0.15, 0.2) is 0 Å². The average Bonchev–Trinajstić information content (AvgIpc) is 2.58. The molecule has 0 bridgehead atoms. The van der Waals surface area contributed by atoms with Gasteiger partial charge in [0.2, 0.25) is 5.91 Å². The molecular weight excluding hydrogens is 314 g/mol. The fourth-order valence-corrected chi connectivity index (χ4v) is 1.98. The smallest absolute Gasteiger partial charge is 0.307 e. The SMILES string of the molecule is CCOC(=O)CCN(CCOc1ccc(OC)cc1)C(=O)COC. The topological polar surface area (TPSA) is 74.3 Å². The van der Waals surface area contributed by atoms with Gasteiger partial charge in [-0.2, -0.15) is 0 Å². The first-order valence-corrected chi connectivity index (χ1v) is 7.79. The van der Waals surface area contributed by atoms with Crippen LogP contribution in [-0.4, -0.2) is 63.9 Å². The zero-order chi connectivity index (χ0) is 17.8. The first-order chi connectivity index (χ1) is 11.6. The maximum absolute atomic E-state index is 12.0. The second kappa shape index (κ2) is 11.3. The lowest BCUT2D eigenvalue weighted by Crippen LogP contribution is -2.38. The van der Waals surface area contributed by atoms with Gasteiger partial charge >= 0.3 is 5.97 Å². The third-order valence-electron chi connectivity index (χ3n) is 3.20. The Kier molecular flexibility index (Phi) is 9.29. The van der Waals surface area contributed by atoms with Gasteiger partial charge in [-0.05, 0) is 31.2 Å². The second-order valence-corrected chi connectivity index (χ2v) is 4.89. The number of hydrogen-bond donors (Lipinski definition) is 0. The highest BCUT2D eigenvalue weighted by atomic mass is 16.5. The number of carbonyl (C=O) groups excluding carboxylic acids is 2. The molecule has 134 valence electrons. The maximum Gasteiger partial charge on any atom is 0.307 e. The van der Waals surface area contributed by atoms with Gasteiger partial charge in [0.1, 0.15) is 24.7 Å². The predicted molar refractivity (Wildman–Crippen MR) is 88.2 cm³/mol.